The molecule has 6 nitrogen and oxygen atoms in total. The number of hydrogen-bond acceptors (Lipinski definition) is 3. The molecule has 1 aromatic heterocycles. The molecule has 1 aliphatic rings. The maximum atomic E-state index is 11.8. The van der Waals surface area contributed by atoms with E-state index < -0.39 is 5.97 Å². The van der Waals surface area contributed by atoms with E-state index in [2.05, 4.69) is 15.6 Å². The van der Waals surface area contributed by atoms with Gasteiger partial charge in [-0.25, -0.2) is 4.79 Å². The number of carboxylic acids is 1. The molecule has 2 unspecified atom stereocenters. The van der Waals surface area contributed by atoms with Crippen molar-refractivity contribution in [1.82, 2.24) is 15.6 Å². The van der Waals surface area contributed by atoms with Crippen LogP contribution < -0.4 is 10.6 Å². The number of rotatable bonds is 4. The van der Waals surface area contributed by atoms with Gasteiger partial charge in [0.15, 0.2) is 0 Å². The van der Waals surface area contributed by atoms with Crippen molar-refractivity contribution in [2.75, 3.05) is 0 Å². The number of nitrogens with zero attached hydrogens (tertiary/aromatic N) is 1. The van der Waals surface area contributed by atoms with Gasteiger partial charge in [-0.1, -0.05) is 0 Å². The fourth-order valence-corrected chi connectivity index (χ4v) is 2.43. The highest BCUT2D eigenvalue weighted by Gasteiger charge is 2.30. The highest BCUT2D eigenvalue weighted by molar-refractivity contribution is 5.75. The Morgan fingerprint density at radius 2 is 2.25 bits per heavy atom. The fourth-order valence-electron chi connectivity index (χ4n) is 2.43. The van der Waals surface area contributed by atoms with Crippen LogP contribution in [0.2, 0.25) is 0 Å². The lowest BCUT2D eigenvalue weighted by atomic mass is 10.1. The summed E-state index contributed by atoms with van der Waals surface area (Å²) in [5, 5.41) is 14.5. The topological polar surface area (TPSA) is 91.3 Å². The third-order valence-corrected chi connectivity index (χ3v) is 3.70. The molecule has 1 aromatic rings. The highest BCUT2D eigenvalue weighted by atomic mass is 16.4. The molecule has 2 rings (SSSR count). The Morgan fingerprint density at radius 1 is 1.45 bits per heavy atom. The minimum atomic E-state index is -0.777. The fraction of sp³-hybridized carbons (Fsp3) is 0.500. The molecule has 0 aliphatic heterocycles. The second kappa shape index (κ2) is 6.36. The van der Waals surface area contributed by atoms with Crippen LogP contribution >= 0.6 is 0 Å². The molecule has 0 spiro atoms. The number of amides is 2. The molecule has 0 bridgehead atoms. The minimum Gasteiger partial charge on any atom is -0.481 e. The lowest BCUT2D eigenvalue weighted by molar-refractivity contribution is -0.141. The van der Waals surface area contributed by atoms with Crippen molar-refractivity contribution in [3.63, 3.8) is 0 Å². The van der Waals surface area contributed by atoms with E-state index in [0.29, 0.717) is 19.4 Å². The van der Waals surface area contributed by atoms with Crippen molar-refractivity contribution in [1.29, 1.82) is 0 Å². The van der Waals surface area contributed by atoms with Crippen LogP contribution in [0.5, 0.6) is 0 Å². The van der Waals surface area contributed by atoms with Crippen molar-refractivity contribution >= 4 is 12.0 Å². The monoisotopic (exact) mass is 277 g/mol. The molecule has 1 fully saturated rings. The van der Waals surface area contributed by atoms with Gasteiger partial charge in [-0.15, -0.1) is 0 Å². The highest BCUT2D eigenvalue weighted by Crippen LogP contribution is 2.25. The number of pyridine rings is 1. The SMILES string of the molecule is Cc1ccncc1CNC(=O)NC1CCC(C(=O)O)C1. The summed E-state index contributed by atoms with van der Waals surface area (Å²) in [6.45, 7) is 2.38. The molecule has 0 aromatic carbocycles. The lowest BCUT2D eigenvalue weighted by Gasteiger charge is -2.14. The number of aromatic nitrogens is 1. The molecule has 2 amide bonds. The number of hydrogen-bond donors (Lipinski definition) is 3. The van der Waals surface area contributed by atoms with Crippen LogP contribution in [-0.4, -0.2) is 28.1 Å². The van der Waals surface area contributed by atoms with Crippen molar-refractivity contribution < 1.29 is 14.7 Å². The zero-order valence-corrected chi connectivity index (χ0v) is 11.4. The lowest BCUT2D eigenvalue weighted by Crippen LogP contribution is -2.41. The minimum absolute atomic E-state index is 0.0499. The summed E-state index contributed by atoms with van der Waals surface area (Å²) >= 11 is 0. The first-order valence-corrected chi connectivity index (χ1v) is 6.73. The van der Waals surface area contributed by atoms with E-state index in [0.717, 1.165) is 17.5 Å². The van der Waals surface area contributed by atoms with E-state index >= 15 is 0 Å². The summed E-state index contributed by atoms with van der Waals surface area (Å²) in [7, 11) is 0. The Labute approximate surface area is 117 Å². The first-order valence-electron chi connectivity index (χ1n) is 6.73. The average molecular weight is 277 g/mol. The molecule has 1 saturated carbocycles. The third-order valence-electron chi connectivity index (χ3n) is 3.70. The average Bonchev–Trinajstić information content (AvgIpc) is 2.86. The van der Waals surface area contributed by atoms with E-state index in [1.165, 1.54) is 0 Å². The smallest absolute Gasteiger partial charge is 0.315 e. The Kier molecular flexibility index (Phi) is 4.55. The molecule has 0 radical (unpaired) electrons. The summed E-state index contributed by atoms with van der Waals surface area (Å²) in [6, 6.07) is 1.58. The second-order valence-corrected chi connectivity index (χ2v) is 5.17. The second-order valence-electron chi connectivity index (χ2n) is 5.17. The summed E-state index contributed by atoms with van der Waals surface area (Å²) < 4.78 is 0. The van der Waals surface area contributed by atoms with Gasteiger partial charge in [0.25, 0.3) is 0 Å². The zero-order chi connectivity index (χ0) is 14.5. The van der Waals surface area contributed by atoms with E-state index in [1.54, 1.807) is 12.4 Å². The standard InChI is InChI=1S/C14H19N3O3/c1-9-4-5-15-7-11(9)8-16-14(20)17-12-3-2-10(6-12)13(18)19/h4-5,7,10,12H,2-3,6,8H2,1H3,(H,18,19)(H2,16,17,20). The number of carbonyl (C=O) groups excluding carboxylic acids is 1. The number of aryl methyl sites for hydroxylation is 1. The molecule has 108 valence electrons. The van der Waals surface area contributed by atoms with Gasteiger partial charge in [0.1, 0.15) is 0 Å². The van der Waals surface area contributed by atoms with Crippen LogP contribution in [-0.2, 0) is 11.3 Å². The number of urea groups is 1. The molecule has 3 N–H and O–H groups in total. The predicted octanol–water partition coefficient (Wildman–Crippen LogP) is 1.44. The maximum Gasteiger partial charge on any atom is 0.315 e. The maximum absolute atomic E-state index is 11.8. The Bertz CT molecular complexity index is 504. The quantitative estimate of drug-likeness (QED) is 0.776. The number of carbonyl (C=O) groups is 2. The number of carboxylic acid groups (broad SMARTS) is 1. The van der Waals surface area contributed by atoms with E-state index in [1.807, 2.05) is 13.0 Å². The van der Waals surface area contributed by atoms with Crippen LogP contribution in [0.1, 0.15) is 30.4 Å². The van der Waals surface area contributed by atoms with Crippen LogP contribution in [0.25, 0.3) is 0 Å². The van der Waals surface area contributed by atoms with Gasteiger partial charge in [-0.3, -0.25) is 9.78 Å². The normalized spacial score (nSPS) is 21.4. The third kappa shape index (κ3) is 3.69. The van der Waals surface area contributed by atoms with Gasteiger partial charge in [-0.2, -0.15) is 0 Å². The largest absolute Gasteiger partial charge is 0.481 e. The van der Waals surface area contributed by atoms with E-state index in [4.69, 9.17) is 5.11 Å². The molecule has 20 heavy (non-hydrogen) atoms. The summed E-state index contributed by atoms with van der Waals surface area (Å²) in [5.41, 5.74) is 2.05. The first-order chi connectivity index (χ1) is 9.56. The summed E-state index contributed by atoms with van der Waals surface area (Å²) in [4.78, 5) is 26.6. The molecule has 2 atom stereocenters. The first kappa shape index (κ1) is 14.3. The molecule has 1 heterocycles. The summed E-state index contributed by atoms with van der Waals surface area (Å²) in [5.74, 6) is -1.11. The van der Waals surface area contributed by atoms with E-state index in [9.17, 15) is 9.59 Å². The number of nitrogens with one attached hydrogen (secondary N) is 2. The van der Waals surface area contributed by atoms with Crippen LogP contribution in [0.15, 0.2) is 18.5 Å². The van der Waals surface area contributed by atoms with Gasteiger partial charge in [0, 0.05) is 25.0 Å². The van der Waals surface area contributed by atoms with Crippen molar-refractivity contribution in [2.24, 2.45) is 5.92 Å². The zero-order valence-electron chi connectivity index (χ0n) is 11.4. The molecule has 1 aliphatic carbocycles. The van der Waals surface area contributed by atoms with E-state index in [-0.39, 0.29) is 18.0 Å². The Balaban J connectivity index is 1.77. The van der Waals surface area contributed by atoms with Crippen molar-refractivity contribution in [3.8, 4) is 0 Å². The van der Waals surface area contributed by atoms with Gasteiger partial charge in [-0.05, 0) is 43.4 Å². The van der Waals surface area contributed by atoms with Gasteiger partial charge in [0.05, 0.1) is 5.92 Å². The van der Waals surface area contributed by atoms with Crippen LogP contribution in [0, 0.1) is 12.8 Å². The van der Waals surface area contributed by atoms with Crippen molar-refractivity contribution in [2.45, 2.75) is 38.8 Å². The molecule has 0 saturated heterocycles. The molecule has 6 heteroatoms. The van der Waals surface area contributed by atoms with Gasteiger partial charge in [0.2, 0.25) is 0 Å². The predicted molar refractivity (Wildman–Crippen MR) is 73.1 cm³/mol. The number of aliphatic carboxylic acids is 1. The summed E-state index contributed by atoms with van der Waals surface area (Å²) in [6.07, 6.45) is 5.29. The Morgan fingerprint density at radius 3 is 2.90 bits per heavy atom. The molecular weight excluding hydrogens is 258 g/mol. The van der Waals surface area contributed by atoms with Crippen molar-refractivity contribution in [3.05, 3.63) is 29.6 Å². The Hall–Kier alpha value is -2.11. The molecular formula is C14H19N3O3. The van der Waals surface area contributed by atoms with Gasteiger partial charge >= 0.3 is 12.0 Å². The van der Waals surface area contributed by atoms with Gasteiger partial charge < -0.3 is 15.7 Å². The van der Waals surface area contributed by atoms with Crippen LogP contribution in [0.3, 0.4) is 0 Å². The van der Waals surface area contributed by atoms with Crippen LogP contribution in [0.4, 0.5) is 4.79 Å².